The molecule has 0 amide bonds. The number of H-pyrrole nitrogens is 2. The van der Waals surface area contributed by atoms with Crippen molar-refractivity contribution in [1.82, 2.24) is 15.3 Å². The van der Waals surface area contributed by atoms with Crippen molar-refractivity contribution in [3.05, 3.63) is 58.7 Å². The van der Waals surface area contributed by atoms with Crippen molar-refractivity contribution < 1.29 is 9.53 Å². The monoisotopic (exact) mass is 372 g/mol. The van der Waals surface area contributed by atoms with E-state index >= 15 is 0 Å². The van der Waals surface area contributed by atoms with Crippen LogP contribution in [0.4, 0.5) is 0 Å². The van der Waals surface area contributed by atoms with Gasteiger partial charge in [-0.15, -0.1) is 0 Å². The van der Waals surface area contributed by atoms with Crippen molar-refractivity contribution in [3.8, 4) is 17.1 Å². The second kappa shape index (κ2) is 5.16. The summed E-state index contributed by atoms with van der Waals surface area (Å²) in [5.74, 6) is 1.34. The summed E-state index contributed by atoms with van der Waals surface area (Å²) >= 11 is 0. The van der Waals surface area contributed by atoms with Crippen LogP contribution in [0.15, 0.2) is 58.0 Å². The van der Waals surface area contributed by atoms with Crippen molar-refractivity contribution in [2.75, 3.05) is 13.7 Å². The third-order valence-corrected chi connectivity index (χ3v) is 6.51. The number of piperidine rings is 1. The maximum atomic E-state index is 12.7. The number of ether oxygens (including phenoxy) is 1. The van der Waals surface area contributed by atoms with Gasteiger partial charge in [-0.25, -0.2) is 4.99 Å². The fourth-order valence-electron chi connectivity index (χ4n) is 5.05. The van der Waals surface area contributed by atoms with Crippen LogP contribution in [-0.4, -0.2) is 35.1 Å². The molecule has 140 valence electrons. The minimum Gasteiger partial charge on any atom is -0.494 e. The number of hydrogen-bond acceptors (Lipinski definition) is 4. The van der Waals surface area contributed by atoms with E-state index in [4.69, 9.17) is 9.73 Å². The number of methoxy groups -OCH3 is 1. The summed E-state index contributed by atoms with van der Waals surface area (Å²) in [7, 11) is 1.66. The van der Waals surface area contributed by atoms with Crippen LogP contribution in [0.3, 0.4) is 0 Å². The van der Waals surface area contributed by atoms with E-state index in [9.17, 15) is 4.79 Å². The van der Waals surface area contributed by atoms with Crippen LogP contribution in [0.1, 0.15) is 19.0 Å². The van der Waals surface area contributed by atoms with Crippen molar-refractivity contribution in [2.24, 2.45) is 16.3 Å². The molecule has 2 unspecified atom stereocenters. The summed E-state index contributed by atoms with van der Waals surface area (Å²) in [6.45, 7) is 3.03. The highest BCUT2D eigenvalue weighted by Crippen LogP contribution is 2.68. The van der Waals surface area contributed by atoms with E-state index in [1.807, 2.05) is 30.5 Å². The minimum absolute atomic E-state index is 0.00163. The van der Waals surface area contributed by atoms with Gasteiger partial charge in [0.2, 0.25) is 5.78 Å². The number of carbonyl (C=O) groups is 1. The molecule has 6 nitrogen and oxygen atoms in total. The number of carbonyl (C=O) groups excluding carboxylic acids is 1. The zero-order chi connectivity index (χ0) is 19.0. The Morgan fingerprint density at radius 3 is 3.00 bits per heavy atom. The summed E-state index contributed by atoms with van der Waals surface area (Å²) in [4.78, 5) is 24.0. The van der Waals surface area contributed by atoms with Crippen LogP contribution in [0.5, 0.6) is 5.75 Å². The predicted molar refractivity (Wildman–Crippen MR) is 107 cm³/mol. The molecule has 6 heteroatoms. The third-order valence-electron chi connectivity index (χ3n) is 6.51. The summed E-state index contributed by atoms with van der Waals surface area (Å²) in [5, 5.41) is 3.42. The number of fused-ring (bicyclic) bond motifs is 1. The van der Waals surface area contributed by atoms with Gasteiger partial charge in [0.15, 0.2) is 0 Å². The molecule has 1 spiro atoms. The van der Waals surface area contributed by atoms with E-state index in [0.29, 0.717) is 11.6 Å². The van der Waals surface area contributed by atoms with E-state index in [0.717, 1.165) is 58.3 Å². The Morgan fingerprint density at radius 2 is 2.25 bits per heavy atom. The van der Waals surface area contributed by atoms with Gasteiger partial charge in [0.25, 0.3) is 0 Å². The summed E-state index contributed by atoms with van der Waals surface area (Å²) in [5.41, 5.74) is 7.55. The molecule has 2 atom stereocenters. The van der Waals surface area contributed by atoms with Crippen molar-refractivity contribution in [3.63, 3.8) is 0 Å². The Labute approximate surface area is 162 Å². The molecular weight excluding hydrogens is 352 g/mol. The lowest BCUT2D eigenvalue weighted by atomic mass is 9.80. The van der Waals surface area contributed by atoms with Crippen LogP contribution >= 0.6 is 0 Å². The predicted octanol–water partition coefficient (Wildman–Crippen LogP) is 3.21. The van der Waals surface area contributed by atoms with Gasteiger partial charge in [-0.2, -0.15) is 0 Å². The van der Waals surface area contributed by atoms with E-state index < -0.39 is 0 Å². The van der Waals surface area contributed by atoms with Gasteiger partial charge < -0.3 is 20.0 Å². The highest BCUT2D eigenvalue weighted by Gasteiger charge is 2.66. The lowest BCUT2D eigenvalue weighted by molar-refractivity contribution is -0.109. The molecule has 6 rings (SSSR count). The number of nitrogens with zero attached hydrogens (tertiary/aromatic N) is 1. The first-order valence-electron chi connectivity index (χ1n) is 9.55. The maximum Gasteiger partial charge on any atom is 0.206 e. The molecule has 2 fully saturated rings. The Balaban J connectivity index is 1.47. The zero-order valence-corrected chi connectivity index (χ0v) is 15.7. The van der Waals surface area contributed by atoms with Gasteiger partial charge in [-0.1, -0.05) is 0 Å². The molecular formula is C22H20N4O2. The summed E-state index contributed by atoms with van der Waals surface area (Å²) < 4.78 is 5.57. The molecule has 0 bridgehead atoms. The number of allylic oxidation sites excluding steroid dienone is 3. The van der Waals surface area contributed by atoms with E-state index in [1.54, 1.807) is 13.2 Å². The Kier molecular flexibility index (Phi) is 2.90. The number of nitrogens with one attached hydrogen (secondary N) is 3. The average molecular weight is 372 g/mol. The van der Waals surface area contributed by atoms with E-state index in [2.05, 4.69) is 22.2 Å². The van der Waals surface area contributed by atoms with Gasteiger partial charge in [0, 0.05) is 36.0 Å². The molecule has 1 saturated carbocycles. The average Bonchev–Trinajstić information content (AvgIpc) is 3.18. The second-order valence-electron chi connectivity index (χ2n) is 7.91. The number of aromatic amines is 2. The first-order valence-corrected chi connectivity index (χ1v) is 9.55. The number of hydrogen-bond donors (Lipinski definition) is 3. The van der Waals surface area contributed by atoms with Crippen molar-refractivity contribution >= 4 is 17.6 Å². The minimum atomic E-state index is 0.00163. The largest absolute Gasteiger partial charge is 0.494 e. The normalized spacial score (nSPS) is 28.6. The first-order chi connectivity index (χ1) is 13.6. The highest BCUT2D eigenvalue weighted by molar-refractivity contribution is 6.52. The topological polar surface area (TPSA) is 82.3 Å². The van der Waals surface area contributed by atoms with E-state index in [-0.39, 0.29) is 11.2 Å². The molecule has 1 saturated heterocycles. The molecule has 3 N–H and O–H groups in total. The molecule has 2 aromatic heterocycles. The fourth-order valence-corrected chi connectivity index (χ4v) is 5.05. The first kappa shape index (κ1) is 15.7. The molecule has 4 aliphatic rings. The van der Waals surface area contributed by atoms with Gasteiger partial charge >= 0.3 is 0 Å². The van der Waals surface area contributed by atoms with Gasteiger partial charge in [0.05, 0.1) is 29.9 Å². The lowest BCUT2D eigenvalue weighted by Gasteiger charge is -2.23. The highest BCUT2D eigenvalue weighted by atomic mass is 16.5. The van der Waals surface area contributed by atoms with E-state index in [1.165, 1.54) is 0 Å². The van der Waals surface area contributed by atoms with Gasteiger partial charge in [0.1, 0.15) is 11.5 Å². The molecule has 0 radical (unpaired) electrons. The molecule has 28 heavy (non-hydrogen) atoms. The Bertz CT molecular complexity index is 1160. The molecule has 0 aromatic carbocycles. The van der Waals surface area contributed by atoms with Crippen LogP contribution in [0.25, 0.3) is 17.5 Å². The number of rotatable bonds is 3. The van der Waals surface area contributed by atoms with Gasteiger partial charge in [-0.3, -0.25) is 4.79 Å². The Morgan fingerprint density at radius 1 is 1.36 bits per heavy atom. The second-order valence-corrected chi connectivity index (χ2v) is 7.91. The summed E-state index contributed by atoms with van der Waals surface area (Å²) in [6, 6.07) is 5.93. The molecule has 2 aliphatic heterocycles. The quantitative estimate of drug-likeness (QED) is 0.774. The molecule has 2 aromatic rings. The number of ketones is 1. The zero-order valence-electron chi connectivity index (χ0n) is 15.7. The van der Waals surface area contributed by atoms with Crippen molar-refractivity contribution in [1.29, 1.82) is 0 Å². The fraction of sp³-hybridized carbons (Fsp3) is 0.273. The SMILES string of the molecule is COc1cc(-c2ccc[nH]2)[nH]c1/C=C1\N=C2C(=O)C=C3NCC4CC34C2=C1C. The van der Waals surface area contributed by atoms with Crippen molar-refractivity contribution in [2.45, 2.75) is 13.3 Å². The van der Waals surface area contributed by atoms with Crippen LogP contribution in [0, 0.1) is 11.3 Å². The maximum absolute atomic E-state index is 12.7. The molecule has 2 aliphatic carbocycles. The lowest BCUT2D eigenvalue weighted by Crippen LogP contribution is -2.30. The smallest absolute Gasteiger partial charge is 0.206 e. The standard InChI is InChI=1S/C22H20N4O2/c1-11-14(6-16-18(28-2)7-15(25-16)13-4-3-5-23-13)26-21-17(27)8-19-22(20(11)21)9-12(22)10-24-19/h3-8,12,23-25H,9-10H2,1-2H3/b14-6-. The summed E-state index contributed by atoms with van der Waals surface area (Å²) in [6.07, 6.45) is 6.74. The third kappa shape index (κ3) is 1.87. The van der Waals surface area contributed by atoms with Crippen LogP contribution in [-0.2, 0) is 4.79 Å². The molecule has 4 heterocycles. The number of aliphatic imine (C=N–C) groups is 1. The Hall–Kier alpha value is -3.28. The van der Waals surface area contributed by atoms with Gasteiger partial charge in [-0.05, 0) is 48.6 Å². The number of aromatic nitrogens is 2. The van der Waals surface area contributed by atoms with Crippen LogP contribution < -0.4 is 10.1 Å². The van der Waals surface area contributed by atoms with Crippen LogP contribution in [0.2, 0.25) is 0 Å².